The van der Waals surface area contributed by atoms with E-state index in [0.29, 0.717) is 6.42 Å². The number of methoxy groups -OCH3 is 1. The van der Waals surface area contributed by atoms with Crippen LogP contribution in [0, 0.1) is 0 Å². The summed E-state index contributed by atoms with van der Waals surface area (Å²) in [7, 11) is 1.41. The topological polar surface area (TPSA) is 38.3 Å². The summed E-state index contributed by atoms with van der Waals surface area (Å²) in [5.41, 5.74) is 2.01. The summed E-state index contributed by atoms with van der Waals surface area (Å²) >= 11 is 0. The fourth-order valence-electron chi connectivity index (χ4n) is 1.92. The molecule has 2 aromatic rings. The zero-order valence-electron chi connectivity index (χ0n) is 10.9. The van der Waals surface area contributed by atoms with E-state index in [-0.39, 0.29) is 12.0 Å². The zero-order chi connectivity index (χ0) is 13.5. The van der Waals surface area contributed by atoms with Crippen molar-refractivity contribution in [3.05, 3.63) is 66.2 Å². The van der Waals surface area contributed by atoms with Crippen LogP contribution in [0.3, 0.4) is 0 Å². The molecule has 2 aromatic carbocycles. The van der Waals surface area contributed by atoms with Gasteiger partial charge in [0, 0.05) is 12.1 Å². The lowest BCUT2D eigenvalue weighted by Crippen LogP contribution is -2.32. The zero-order valence-corrected chi connectivity index (χ0v) is 10.9. The quantitative estimate of drug-likeness (QED) is 0.835. The molecule has 0 aliphatic rings. The lowest BCUT2D eigenvalue weighted by molar-refractivity contribution is -0.141. The fourth-order valence-corrected chi connectivity index (χ4v) is 1.92. The highest BCUT2D eigenvalue weighted by Crippen LogP contribution is 2.12. The van der Waals surface area contributed by atoms with Gasteiger partial charge in [0.2, 0.25) is 0 Å². The van der Waals surface area contributed by atoms with Crippen molar-refractivity contribution in [2.75, 3.05) is 12.4 Å². The van der Waals surface area contributed by atoms with Crippen molar-refractivity contribution in [1.82, 2.24) is 0 Å². The predicted molar refractivity (Wildman–Crippen MR) is 76.0 cm³/mol. The standard InChI is InChI=1S/C16H17NO2/c1-19-16(18)15(12-13-8-4-2-5-9-13)17-14-10-6-3-7-11-14/h2-11,15,17H,12H2,1H3/t15-/m1/s1. The second kappa shape index (κ2) is 6.59. The van der Waals surface area contributed by atoms with Crippen LogP contribution in [-0.2, 0) is 16.0 Å². The molecule has 98 valence electrons. The lowest BCUT2D eigenvalue weighted by Gasteiger charge is -2.17. The molecule has 1 N–H and O–H groups in total. The molecular weight excluding hydrogens is 238 g/mol. The maximum Gasteiger partial charge on any atom is 0.328 e. The second-order valence-electron chi connectivity index (χ2n) is 4.28. The second-order valence-corrected chi connectivity index (χ2v) is 4.28. The number of carbonyl (C=O) groups is 1. The maximum absolute atomic E-state index is 11.8. The third-order valence-electron chi connectivity index (χ3n) is 2.88. The molecule has 0 aliphatic carbocycles. The average molecular weight is 255 g/mol. The average Bonchev–Trinajstić information content (AvgIpc) is 2.48. The minimum absolute atomic E-state index is 0.257. The first-order chi connectivity index (χ1) is 9.29. The van der Waals surface area contributed by atoms with Crippen LogP contribution in [0.4, 0.5) is 5.69 Å². The molecule has 0 fully saturated rings. The van der Waals surface area contributed by atoms with Gasteiger partial charge in [-0.3, -0.25) is 0 Å². The Morgan fingerprint density at radius 3 is 2.21 bits per heavy atom. The number of ether oxygens (including phenoxy) is 1. The molecule has 2 rings (SSSR count). The van der Waals surface area contributed by atoms with Gasteiger partial charge in [0.05, 0.1) is 7.11 Å². The summed E-state index contributed by atoms with van der Waals surface area (Å²) < 4.78 is 4.86. The molecule has 0 amide bonds. The molecule has 0 aromatic heterocycles. The first-order valence-electron chi connectivity index (χ1n) is 6.23. The Kier molecular flexibility index (Phi) is 4.56. The molecule has 1 atom stereocenters. The van der Waals surface area contributed by atoms with Crippen LogP contribution in [0.15, 0.2) is 60.7 Å². The van der Waals surface area contributed by atoms with E-state index in [1.807, 2.05) is 60.7 Å². The fraction of sp³-hybridized carbons (Fsp3) is 0.188. The van der Waals surface area contributed by atoms with E-state index in [2.05, 4.69) is 5.32 Å². The van der Waals surface area contributed by atoms with Gasteiger partial charge in [-0.1, -0.05) is 48.5 Å². The summed E-state index contributed by atoms with van der Waals surface area (Å²) in [5.74, 6) is -0.257. The first-order valence-corrected chi connectivity index (χ1v) is 6.23. The number of benzene rings is 2. The monoisotopic (exact) mass is 255 g/mol. The molecule has 0 heterocycles. The Labute approximate surface area is 113 Å². The maximum atomic E-state index is 11.8. The van der Waals surface area contributed by atoms with Crippen molar-refractivity contribution < 1.29 is 9.53 Å². The van der Waals surface area contributed by atoms with Gasteiger partial charge in [-0.25, -0.2) is 4.79 Å². The molecule has 0 unspecified atom stereocenters. The SMILES string of the molecule is COC(=O)[C@@H](Cc1ccccc1)Nc1ccccc1. The summed E-state index contributed by atoms with van der Waals surface area (Å²) in [6, 6.07) is 19.2. The molecule has 0 spiro atoms. The third kappa shape index (κ3) is 3.85. The predicted octanol–water partition coefficient (Wildman–Crippen LogP) is 2.88. The Morgan fingerprint density at radius 2 is 1.63 bits per heavy atom. The summed E-state index contributed by atoms with van der Waals surface area (Å²) in [4.78, 5) is 11.8. The third-order valence-corrected chi connectivity index (χ3v) is 2.88. The molecule has 0 aliphatic heterocycles. The van der Waals surface area contributed by atoms with E-state index in [1.54, 1.807) is 0 Å². The highest BCUT2D eigenvalue weighted by atomic mass is 16.5. The molecule has 0 radical (unpaired) electrons. The molecule has 3 heteroatoms. The Bertz CT molecular complexity index is 469. The molecule has 0 saturated heterocycles. The summed E-state index contributed by atoms with van der Waals surface area (Å²) in [6.07, 6.45) is 0.600. The van der Waals surface area contributed by atoms with Gasteiger partial charge in [0.25, 0.3) is 0 Å². The van der Waals surface area contributed by atoms with Crippen molar-refractivity contribution in [3.8, 4) is 0 Å². The van der Waals surface area contributed by atoms with E-state index < -0.39 is 0 Å². The first kappa shape index (κ1) is 13.1. The van der Waals surface area contributed by atoms with E-state index >= 15 is 0 Å². The van der Waals surface area contributed by atoms with E-state index in [1.165, 1.54) is 7.11 Å². The van der Waals surface area contributed by atoms with E-state index in [0.717, 1.165) is 11.3 Å². The number of rotatable bonds is 5. The summed E-state index contributed by atoms with van der Waals surface area (Å²) in [6.45, 7) is 0. The highest BCUT2D eigenvalue weighted by molar-refractivity contribution is 5.79. The van der Waals surface area contributed by atoms with Crippen LogP contribution < -0.4 is 5.32 Å². The molecular formula is C16H17NO2. The molecule has 0 saturated carbocycles. The number of para-hydroxylation sites is 1. The van der Waals surface area contributed by atoms with Gasteiger partial charge in [0.1, 0.15) is 6.04 Å². The Morgan fingerprint density at radius 1 is 1.05 bits per heavy atom. The molecule has 3 nitrogen and oxygen atoms in total. The smallest absolute Gasteiger partial charge is 0.328 e. The van der Waals surface area contributed by atoms with Crippen LogP contribution in [-0.4, -0.2) is 19.1 Å². The Balaban J connectivity index is 2.10. The van der Waals surface area contributed by atoms with Crippen molar-refractivity contribution >= 4 is 11.7 Å². The van der Waals surface area contributed by atoms with E-state index in [9.17, 15) is 4.79 Å². The minimum Gasteiger partial charge on any atom is -0.467 e. The van der Waals surface area contributed by atoms with Gasteiger partial charge in [-0.15, -0.1) is 0 Å². The van der Waals surface area contributed by atoms with Gasteiger partial charge in [-0.2, -0.15) is 0 Å². The number of esters is 1. The van der Waals surface area contributed by atoms with E-state index in [4.69, 9.17) is 4.74 Å². The van der Waals surface area contributed by atoms with Crippen molar-refractivity contribution in [1.29, 1.82) is 0 Å². The lowest BCUT2D eigenvalue weighted by atomic mass is 10.1. The number of hydrogen-bond donors (Lipinski definition) is 1. The minimum atomic E-state index is -0.380. The van der Waals surface area contributed by atoms with Gasteiger partial charge in [-0.05, 0) is 17.7 Å². The highest BCUT2D eigenvalue weighted by Gasteiger charge is 2.19. The van der Waals surface area contributed by atoms with Crippen LogP contribution in [0.2, 0.25) is 0 Å². The van der Waals surface area contributed by atoms with Gasteiger partial charge >= 0.3 is 5.97 Å². The van der Waals surface area contributed by atoms with Crippen LogP contribution in [0.25, 0.3) is 0 Å². The van der Waals surface area contributed by atoms with Crippen molar-refractivity contribution in [2.24, 2.45) is 0 Å². The number of hydrogen-bond acceptors (Lipinski definition) is 3. The molecule has 0 bridgehead atoms. The van der Waals surface area contributed by atoms with Crippen LogP contribution in [0.5, 0.6) is 0 Å². The van der Waals surface area contributed by atoms with Crippen molar-refractivity contribution in [2.45, 2.75) is 12.5 Å². The van der Waals surface area contributed by atoms with Crippen LogP contribution >= 0.6 is 0 Å². The van der Waals surface area contributed by atoms with Crippen LogP contribution in [0.1, 0.15) is 5.56 Å². The van der Waals surface area contributed by atoms with Gasteiger partial charge < -0.3 is 10.1 Å². The van der Waals surface area contributed by atoms with Crippen molar-refractivity contribution in [3.63, 3.8) is 0 Å². The Hall–Kier alpha value is -2.29. The number of nitrogens with one attached hydrogen (secondary N) is 1. The number of anilines is 1. The normalized spacial score (nSPS) is 11.6. The summed E-state index contributed by atoms with van der Waals surface area (Å²) in [5, 5.41) is 3.20. The molecule has 19 heavy (non-hydrogen) atoms. The number of carbonyl (C=O) groups excluding carboxylic acids is 1. The van der Waals surface area contributed by atoms with Gasteiger partial charge in [0.15, 0.2) is 0 Å². The largest absolute Gasteiger partial charge is 0.467 e.